The second-order valence-corrected chi connectivity index (χ2v) is 5.40. The van der Waals surface area contributed by atoms with E-state index in [2.05, 4.69) is 21.2 Å². The highest BCUT2D eigenvalue weighted by Crippen LogP contribution is 2.31. The molecule has 0 aliphatic carbocycles. The number of carbonyl (C=O) groups is 1. The summed E-state index contributed by atoms with van der Waals surface area (Å²) >= 11 is 6.09. The molecule has 112 valence electrons. The summed E-state index contributed by atoms with van der Waals surface area (Å²) < 4.78 is 3.30. The van der Waals surface area contributed by atoms with Crippen molar-refractivity contribution in [1.82, 2.24) is 24.5 Å². The summed E-state index contributed by atoms with van der Waals surface area (Å²) in [6.07, 6.45) is 7.36. The molecule has 0 saturated carbocycles. The monoisotopic (exact) mass is 325 g/mol. The van der Waals surface area contributed by atoms with Crippen LogP contribution in [-0.4, -0.2) is 35.6 Å². The second-order valence-electron chi connectivity index (χ2n) is 4.97. The van der Waals surface area contributed by atoms with E-state index in [1.165, 1.54) is 4.68 Å². The van der Waals surface area contributed by atoms with Crippen molar-refractivity contribution in [2.75, 3.05) is 0 Å². The van der Waals surface area contributed by atoms with Crippen LogP contribution in [0.15, 0.2) is 24.5 Å². The first-order valence-corrected chi connectivity index (χ1v) is 6.99. The zero-order chi connectivity index (χ0) is 16.1. The van der Waals surface area contributed by atoms with Gasteiger partial charge < -0.3 is 5.11 Å². The number of aromatic nitrogens is 5. The van der Waals surface area contributed by atoms with Crippen molar-refractivity contribution in [1.29, 1.82) is 0 Å². The highest BCUT2D eigenvalue weighted by Gasteiger charge is 2.28. The Morgan fingerprint density at radius 1 is 1.35 bits per heavy atom. The largest absolute Gasteiger partial charge is 0.476 e. The van der Waals surface area contributed by atoms with Gasteiger partial charge in [-0.1, -0.05) is 16.8 Å². The molecule has 0 unspecified atom stereocenters. The number of aromatic carboxylic acids is 1. The molecule has 1 aromatic carbocycles. The van der Waals surface area contributed by atoms with Gasteiger partial charge in [0.2, 0.25) is 0 Å². The van der Waals surface area contributed by atoms with Crippen LogP contribution >= 0.6 is 11.6 Å². The molecule has 3 heterocycles. The lowest BCUT2D eigenvalue weighted by molar-refractivity contribution is 0.0689. The van der Waals surface area contributed by atoms with Crippen molar-refractivity contribution < 1.29 is 9.90 Å². The van der Waals surface area contributed by atoms with Crippen LogP contribution in [0.3, 0.4) is 0 Å². The highest BCUT2D eigenvalue weighted by atomic mass is 35.5. The number of fused-ring (bicyclic) bond motifs is 5. The number of terminal acetylenes is 1. The lowest BCUT2D eigenvalue weighted by Crippen LogP contribution is -2.07. The number of rotatable bonds is 1. The Morgan fingerprint density at radius 3 is 2.91 bits per heavy atom. The van der Waals surface area contributed by atoms with Gasteiger partial charge >= 0.3 is 5.97 Å². The van der Waals surface area contributed by atoms with Crippen LogP contribution in [0, 0.1) is 12.3 Å². The van der Waals surface area contributed by atoms with Crippen LogP contribution < -0.4 is 0 Å². The van der Waals surface area contributed by atoms with Gasteiger partial charge in [0.1, 0.15) is 12.0 Å². The average Bonchev–Trinajstić information content (AvgIpc) is 3.09. The van der Waals surface area contributed by atoms with Crippen LogP contribution in [0.25, 0.3) is 11.4 Å². The Labute approximate surface area is 135 Å². The molecule has 2 aromatic heterocycles. The van der Waals surface area contributed by atoms with Crippen molar-refractivity contribution in [2.24, 2.45) is 0 Å². The Bertz CT molecular complexity index is 1010. The standard InChI is InChI=1S/C15H8ClN5O2/c1-2-9-11-6-13-14(15(22)23)18-19-21(13)12-5-8(16)3-4-10(12)20(11)7-17-9/h1,3-5,7H,6H2,(H,22,23). The minimum atomic E-state index is -1.15. The van der Waals surface area contributed by atoms with E-state index in [9.17, 15) is 9.90 Å². The van der Waals surface area contributed by atoms with E-state index >= 15 is 0 Å². The number of imidazole rings is 1. The smallest absolute Gasteiger partial charge is 0.358 e. The van der Waals surface area contributed by atoms with Gasteiger partial charge in [-0.05, 0) is 24.1 Å². The average molecular weight is 326 g/mol. The minimum absolute atomic E-state index is 0.117. The molecule has 1 aliphatic heterocycles. The van der Waals surface area contributed by atoms with Gasteiger partial charge in [0, 0.05) is 11.4 Å². The van der Waals surface area contributed by atoms with Gasteiger partial charge in [-0.25, -0.2) is 14.5 Å². The normalized spacial score (nSPS) is 11.8. The van der Waals surface area contributed by atoms with E-state index in [1.807, 2.05) is 4.57 Å². The first-order valence-electron chi connectivity index (χ1n) is 6.61. The van der Waals surface area contributed by atoms with Gasteiger partial charge in [0.25, 0.3) is 0 Å². The molecule has 7 nitrogen and oxygen atoms in total. The van der Waals surface area contributed by atoms with Crippen molar-refractivity contribution >= 4 is 17.6 Å². The van der Waals surface area contributed by atoms with E-state index in [0.717, 1.165) is 5.69 Å². The summed E-state index contributed by atoms with van der Waals surface area (Å²) in [5.74, 6) is 1.37. The molecule has 0 amide bonds. The molecule has 1 N–H and O–H groups in total. The van der Waals surface area contributed by atoms with E-state index < -0.39 is 5.97 Å². The third kappa shape index (κ3) is 1.86. The van der Waals surface area contributed by atoms with Crippen LogP contribution in [0.5, 0.6) is 0 Å². The number of halogens is 1. The van der Waals surface area contributed by atoms with Crippen LogP contribution in [0.2, 0.25) is 5.02 Å². The molecule has 8 heteroatoms. The van der Waals surface area contributed by atoms with Crippen molar-refractivity contribution in [2.45, 2.75) is 6.42 Å². The molecule has 1 aliphatic rings. The summed E-state index contributed by atoms with van der Waals surface area (Å²) in [4.78, 5) is 15.6. The fourth-order valence-electron chi connectivity index (χ4n) is 2.72. The third-order valence-electron chi connectivity index (χ3n) is 3.73. The number of nitrogens with zero attached hydrogens (tertiary/aromatic N) is 5. The molecule has 0 atom stereocenters. The maximum Gasteiger partial charge on any atom is 0.358 e. The zero-order valence-electron chi connectivity index (χ0n) is 11.6. The maximum atomic E-state index is 11.4. The van der Waals surface area contributed by atoms with E-state index in [1.54, 1.807) is 24.5 Å². The number of hydrogen-bond donors (Lipinski definition) is 1. The Hall–Kier alpha value is -3.11. The summed E-state index contributed by atoms with van der Waals surface area (Å²) in [6.45, 7) is 0. The number of carboxylic acids is 1. The first-order chi connectivity index (χ1) is 11.1. The number of benzene rings is 1. The molecule has 23 heavy (non-hydrogen) atoms. The zero-order valence-corrected chi connectivity index (χ0v) is 12.3. The first kappa shape index (κ1) is 13.5. The van der Waals surface area contributed by atoms with Crippen molar-refractivity contribution in [3.8, 4) is 23.7 Å². The predicted octanol–water partition coefficient (Wildman–Crippen LogP) is 1.69. The van der Waals surface area contributed by atoms with E-state index in [0.29, 0.717) is 27.8 Å². The SMILES string of the molecule is C#Cc1ncn2c1Cc1c(C(=O)O)nnn1-c1cc(Cl)ccc1-2. The van der Waals surface area contributed by atoms with Gasteiger partial charge in [0.05, 0.1) is 22.8 Å². The molecule has 0 radical (unpaired) electrons. The van der Waals surface area contributed by atoms with Crippen LogP contribution in [0.4, 0.5) is 0 Å². The van der Waals surface area contributed by atoms with E-state index in [4.69, 9.17) is 18.0 Å². The lowest BCUT2D eigenvalue weighted by Gasteiger charge is -2.09. The quantitative estimate of drug-likeness (QED) is 0.538. The summed E-state index contributed by atoms with van der Waals surface area (Å²) in [5, 5.41) is 17.6. The topological polar surface area (TPSA) is 85.8 Å². The van der Waals surface area contributed by atoms with Gasteiger partial charge in [-0.15, -0.1) is 11.5 Å². The van der Waals surface area contributed by atoms with E-state index in [-0.39, 0.29) is 12.1 Å². The van der Waals surface area contributed by atoms with Crippen molar-refractivity contribution in [3.05, 3.63) is 52.3 Å². The van der Waals surface area contributed by atoms with Crippen LogP contribution in [0.1, 0.15) is 27.6 Å². The van der Waals surface area contributed by atoms with Gasteiger partial charge in [-0.2, -0.15) is 0 Å². The van der Waals surface area contributed by atoms with Gasteiger partial charge in [0.15, 0.2) is 5.69 Å². The van der Waals surface area contributed by atoms with Crippen molar-refractivity contribution in [3.63, 3.8) is 0 Å². The fourth-order valence-corrected chi connectivity index (χ4v) is 2.89. The van der Waals surface area contributed by atoms with Gasteiger partial charge in [-0.3, -0.25) is 4.57 Å². The lowest BCUT2D eigenvalue weighted by atomic mass is 10.1. The Morgan fingerprint density at radius 2 is 2.17 bits per heavy atom. The summed E-state index contributed by atoms with van der Waals surface area (Å²) in [7, 11) is 0. The summed E-state index contributed by atoms with van der Waals surface area (Å²) in [6, 6.07) is 5.24. The highest BCUT2D eigenvalue weighted by molar-refractivity contribution is 6.30. The minimum Gasteiger partial charge on any atom is -0.476 e. The molecule has 3 aromatic rings. The molecule has 0 fully saturated rings. The predicted molar refractivity (Wildman–Crippen MR) is 81.2 cm³/mol. The fraction of sp³-hybridized carbons (Fsp3) is 0.0667. The molecular formula is C15H8ClN5O2. The molecular weight excluding hydrogens is 318 g/mol. The number of carboxylic acid groups (broad SMARTS) is 1. The number of hydrogen-bond acceptors (Lipinski definition) is 4. The molecule has 0 bridgehead atoms. The Balaban J connectivity index is 2.12. The molecule has 0 saturated heterocycles. The van der Waals surface area contributed by atoms with Crippen LogP contribution in [-0.2, 0) is 6.42 Å². The molecule has 4 rings (SSSR count). The summed E-state index contributed by atoms with van der Waals surface area (Å²) in [5.41, 5.74) is 2.84. The molecule has 0 spiro atoms. The Kier molecular flexibility index (Phi) is 2.76. The maximum absolute atomic E-state index is 11.4. The third-order valence-corrected chi connectivity index (χ3v) is 3.96. The second kappa shape index (κ2) is 4.69.